The Kier molecular flexibility index (Phi) is 2.90. The fourth-order valence-electron chi connectivity index (χ4n) is 2.01. The molecule has 0 bridgehead atoms. The molecule has 2 fully saturated rings. The maximum atomic E-state index is 12.0. The first-order chi connectivity index (χ1) is 7.18. The molecule has 1 heterocycles. The average molecular weight is 212 g/mol. The molecule has 1 unspecified atom stereocenters. The van der Waals surface area contributed by atoms with Crippen molar-refractivity contribution in [3.8, 4) is 0 Å². The zero-order chi connectivity index (χ0) is 10.8. The van der Waals surface area contributed by atoms with Crippen molar-refractivity contribution in [1.82, 2.24) is 10.2 Å². The monoisotopic (exact) mass is 212 g/mol. The Labute approximate surface area is 88.4 Å². The molecule has 1 atom stereocenters. The molecule has 0 aromatic heterocycles. The number of carbonyl (C=O) groups excluding carboxylic acids is 1. The van der Waals surface area contributed by atoms with Crippen LogP contribution < -0.4 is 5.32 Å². The number of amides is 1. The Morgan fingerprint density at radius 2 is 2.27 bits per heavy atom. The molecule has 84 valence electrons. The van der Waals surface area contributed by atoms with Crippen molar-refractivity contribution in [3.05, 3.63) is 0 Å². The van der Waals surface area contributed by atoms with Gasteiger partial charge in [0.15, 0.2) is 0 Å². The van der Waals surface area contributed by atoms with Crippen molar-refractivity contribution in [2.24, 2.45) is 0 Å². The molecule has 15 heavy (non-hydrogen) atoms. The number of aliphatic carboxylic acids is 1. The summed E-state index contributed by atoms with van der Waals surface area (Å²) in [5.41, 5.74) is 0. The van der Waals surface area contributed by atoms with Gasteiger partial charge in [-0.3, -0.25) is 9.59 Å². The van der Waals surface area contributed by atoms with Crippen molar-refractivity contribution in [3.63, 3.8) is 0 Å². The average Bonchev–Trinajstić information content (AvgIpc) is 2.96. The molecule has 2 aliphatic rings. The van der Waals surface area contributed by atoms with Crippen LogP contribution in [0.3, 0.4) is 0 Å². The van der Waals surface area contributed by atoms with E-state index in [4.69, 9.17) is 5.11 Å². The largest absolute Gasteiger partial charge is 0.481 e. The molecule has 0 aromatic carbocycles. The molecule has 5 heteroatoms. The topological polar surface area (TPSA) is 69.6 Å². The summed E-state index contributed by atoms with van der Waals surface area (Å²) in [4.78, 5) is 24.4. The van der Waals surface area contributed by atoms with Gasteiger partial charge < -0.3 is 15.3 Å². The Morgan fingerprint density at radius 3 is 2.87 bits per heavy atom. The van der Waals surface area contributed by atoms with E-state index in [2.05, 4.69) is 5.32 Å². The van der Waals surface area contributed by atoms with Gasteiger partial charge in [-0.25, -0.2) is 0 Å². The number of carboxylic acid groups (broad SMARTS) is 1. The summed E-state index contributed by atoms with van der Waals surface area (Å²) in [5, 5.41) is 11.7. The Balaban J connectivity index is 2.02. The number of hydrogen-bond donors (Lipinski definition) is 2. The van der Waals surface area contributed by atoms with Gasteiger partial charge in [0.05, 0.1) is 12.5 Å². The SMILES string of the molecule is O=C(O)CC1NCCCN(C2CC2)C1=O. The van der Waals surface area contributed by atoms with Crippen LogP contribution in [0.2, 0.25) is 0 Å². The first-order valence-electron chi connectivity index (χ1n) is 5.44. The van der Waals surface area contributed by atoms with Gasteiger partial charge in [0.25, 0.3) is 0 Å². The van der Waals surface area contributed by atoms with Crippen molar-refractivity contribution in [2.75, 3.05) is 13.1 Å². The van der Waals surface area contributed by atoms with Crippen molar-refractivity contribution < 1.29 is 14.7 Å². The van der Waals surface area contributed by atoms with Gasteiger partial charge in [0, 0.05) is 12.6 Å². The normalized spacial score (nSPS) is 27.6. The fourth-order valence-corrected chi connectivity index (χ4v) is 2.01. The summed E-state index contributed by atoms with van der Waals surface area (Å²) in [6.45, 7) is 1.50. The second-order valence-electron chi connectivity index (χ2n) is 4.22. The van der Waals surface area contributed by atoms with Crippen LogP contribution >= 0.6 is 0 Å². The van der Waals surface area contributed by atoms with Crippen LogP contribution in [-0.4, -0.2) is 47.1 Å². The minimum atomic E-state index is -0.918. The zero-order valence-corrected chi connectivity index (χ0v) is 8.61. The van der Waals surface area contributed by atoms with Crippen LogP contribution in [0.5, 0.6) is 0 Å². The van der Waals surface area contributed by atoms with Crippen LogP contribution in [0.25, 0.3) is 0 Å². The molecule has 0 radical (unpaired) electrons. The minimum Gasteiger partial charge on any atom is -0.481 e. The van der Waals surface area contributed by atoms with Gasteiger partial charge in [0.1, 0.15) is 0 Å². The lowest BCUT2D eigenvalue weighted by Gasteiger charge is -2.23. The number of carbonyl (C=O) groups is 2. The highest BCUT2D eigenvalue weighted by Crippen LogP contribution is 2.28. The van der Waals surface area contributed by atoms with Gasteiger partial charge in [0.2, 0.25) is 5.91 Å². The number of nitrogens with one attached hydrogen (secondary N) is 1. The van der Waals surface area contributed by atoms with Gasteiger partial charge in [-0.15, -0.1) is 0 Å². The van der Waals surface area contributed by atoms with E-state index in [1.807, 2.05) is 4.90 Å². The second kappa shape index (κ2) is 4.18. The Bertz CT molecular complexity index is 276. The van der Waals surface area contributed by atoms with Crippen LogP contribution in [0, 0.1) is 0 Å². The van der Waals surface area contributed by atoms with E-state index < -0.39 is 12.0 Å². The van der Waals surface area contributed by atoms with E-state index in [-0.39, 0.29) is 12.3 Å². The number of rotatable bonds is 3. The first kappa shape index (κ1) is 10.4. The molecule has 0 spiro atoms. The van der Waals surface area contributed by atoms with Crippen LogP contribution in [-0.2, 0) is 9.59 Å². The van der Waals surface area contributed by atoms with Gasteiger partial charge in [-0.1, -0.05) is 0 Å². The molecular formula is C10H16N2O3. The summed E-state index contributed by atoms with van der Waals surface area (Å²) >= 11 is 0. The Hall–Kier alpha value is -1.10. The van der Waals surface area contributed by atoms with Crippen molar-refractivity contribution in [1.29, 1.82) is 0 Å². The van der Waals surface area contributed by atoms with E-state index in [1.54, 1.807) is 0 Å². The van der Waals surface area contributed by atoms with E-state index in [0.29, 0.717) is 6.04 Å². The quantitative estimate of drug-likeness (QED) is 0.680. The summed E-state index contributed by atoms with van der Waals surface area (Å²) in [6, 6.07) is -0.140. The maximum absolute atomic E-state index is 12.0. The Morgan fingerprint density at radius 1 is 1.53 bits per heavy atom. The third-order valence-electron chi connectivity index (χ3n) is 2.91. The first-order valence-corrected chi connectivity index (χ1v) is 5.44. The number of hydrogen-bond acceptors (Lipinski definition) is 3. The fraction of sp³-hybridized carbons (Fsp3) is 0.800. The van der Waals surface area contributed by atoms with E-state index in [1.165, 1.54) is 0 Å². The van der Waals surface area contributed by atoms with Gasteiger partial charge in [-0.05, 0) is 25.8 Å². The molecule has 0 aromatic rings. The zero-order valence-electron chi connectivity index (χ0n) is 8.61. The lowest BCUT2D eigenvalue weighted by Crippen LogP contribution is -2.45. The molecule has 5 nitrogen and oxygen atoms in total. The van der Waals surface area contributed by atoms with E-state index in [9.17, 15) is 9.59 Å². The van der Waals surface area contributed by atoms with E-state index in [0.717, 1.165) is 32.4 Å². The van der Waals surface area contributed by atoms with E-state index >= 15 is 0 Å². The van der Waals surface area contributed by atoms with Gasteiger partial charge >= 0.3 is 5.97 Å². The van der Waals surface area contributed by atoms with Crippen molar-refractivity contribution in [2.45, 2.75) is 37.8 Å². The number of nitrogens with zero attached hydrogens (tertiary/aromatic N) is 1. The highest BCUT2D eigenvalue weighted by molar-refractivity contribution is 5.86. The third-order valence-corrected chi connectivity index (χ3v) is 2.91. The number of carboxylic acids is 1. The molecule has 1 saturated heterocycles. The van der Waals surface area contributed by atoms with Crippen molar-refractivity contribution >= 4 is 11.9 Å². The third kappa shape index (κ3) is 2.47. The molecule has 2 rings (SSSR count). The standard InChI is InChI=1S/C10H16N2O3/c13-9(14)6-8-10(15)12(7-2-3-7)5-1-4-11-8/h7-8,11H,1-6H2,(H,13,14). The molecule has 1 amide bonds. The van der Waals surface area contributed by atoms with Crippen LogP contribution in [0.15, 0.2) is 0 Å². The van der Waals surface area contributed by atoms with Crippen LogP contribution in [0.4, 0.5) is 0 Å². The summed E-state index contributed by atoms with van der Waals surface area (Å²) in [5.74, 6) is -0.948. The second-order valence-corrected chi connectivity index (χ2v) is 4.22. The summed E-state index contributed by atoms with van der Waals surface area (Å²) < 4.78 is 0. The molecule has 2 N–H and O–H groups in total. The molecule has 1 saturated carbocycles. The highest BCUT2D eigenvalue weighted by Gasteiger charge is 2.37. The summed E-state index contributed by atoms with van der Waals surface area (Å²) in [7, 11) is 0. The minimum absolute atomic E-state index is 0.0302. The lowest BCUT2D eigenvalue weighted by atomic mass is 10.2. The molecular weight excluding hydrogens is 196 g/mol. The highest BCUT2D eigenvalue weighted by atomic mass is 16.4. The maximum Gasteiger partial charge on any atom is 0.305 e. The summed E-state index contributed by atoms with van der Waals surface area (Å²) in [6.07, 6.45) is 2.96. The molecule has 1 aliphatic heterocycles. The predicted molar refractivity (Wildman–Crippen MR) is 53.4 cm³/mol. The molecule has 1 aliphatic carbocycles. The van der Waals surface area contributed by atoms with Gasteiger partial charge in [-0.2, -0.15) is 0 Å². The predicted octanol–water partition coefficient (Wildman–Crippen LogP) is -0.186. The van der Waals surface area contributed by atoms with Crippen LogP contribution in [0.1, 0.15) is 25.7 Å². The smallest absolute Gasteiger partial charge is 0.305 e. The lowest BCUT2D eigenvalue weighted by molar-refractivity contribution is -0.142.